The highest BCUT2D eigenvalue weighted by Crippen LogP contribution is 2.32. The molecule has 2 N–H and O–H groups in total. The van der Waals surface area contributed by atoms with Crippen LogP contribution in [0, 0.1) is 5.41 Å². The van der Waals surface area contributed by atoms with Crippen molar-refractivity contribution in [1.29, 1.82) is 0 Å². The molecule has 1 aliphatic rings. The Kier molecular flexibility index (Phi) is 13.2. The summed E-state index contributed by atoms with van der Waals surface area (Å²) in [5, 5.41) is 11.5. The molecule has 45 heavy (non-hydrogen) atoms. The van der Waals surface area contributed by atoms with Crippen LogP contribution in [0.3, 0.4) is 0 Å². The van der Waals surface area contributed by atoms with Crippen molar-refractivity contribution in [2.45, 2.75) is 71.4 Å². The third-order valence-electron chi connectivity index (χ3n) is 8.16. The van der Waals surface area contributed by atoms with E-state index in [1.807, 2.05) is 31.2 Å². The average molecular weight is 627 g/mol. The highest BCUT2D eigenvalue weighted by Gasteiger charge is 2.41. The van der Waals surface area contributed by atoms with E-state index in [0.29, 0.717) is 61.5 Å². The number of hydrogen-bond donors (Lipinski definition) is 2. The number of aliphatic hydroxyl groups excluding tert-OH is 1. The fraction of sp³-hybridized carbons (Fsp3) is 0.529. The topological polar surface area (TPSA) is 141 Å². The monoisotopic (exact) mass is 626 g/mol. The number of methoxy groups -OCH3 is 2. The molecule has 2 amide bonds. The highest BCUT2D eigenvalue weighted by molar-refractivity contribution is 6.38. The molecule has 2 atom stereocenters. The van der Waals surface area contributed by atoms with Crippen molar-refractivity contribution >= 4 is 23.6 Å². The lowest BCUT2D eigenvalue weighted by molar-refractivity contribution is -0.164. The molecule has 0 aromatic heterocycles. The largest absolute Gasteiger partial charge is 0.493 e. The van der Waals surface area contributed by atoms with Gasteiger partial charge in [0.25, 0.3) is 11.8 Å². The maximum atomic E-state index is 13.8. The second-order valence-electron chi connectivity index (χ2n) is 11.7. The number of ketones is 1. The average Bonchev–Trinajstić information content (AvgIpc) is 3.07. The molecule has 0 radical (unpaired) electrons. The van der Waals surface area contributed by atoms with E-state index in [-0.39, 0.29) is 25.7 Å². The van der Waals surface area contributed by atoms with E-state index in [4.69, 9.17) is 24.1 Å². The SMILES string of the molecule is CCC(C)(C)C(=O)C(=O)N1CCCC[C@H]1C(=O)O[C@H](CCc1ccc(OC)c(OC)c1)c1cccc(OCC(=O)NCCO)c1. The van der Waals surface area contributed by atoms with Gasteiger partial charge in [0.05, 0.1) is 20.8 Å². The van der Waals surface area contributed by atoms with Crippen LogP contribution in [0.25, 0.3) is 0 Å². The lowest BCUT2D eigenvalue weighted by Gasteiger charge is -2.36. The van der Waals surface area contributed by atoms with E-state index in [0.717, 1.165) is 12.0 Å². The highest BCUT2D eigenvalue weighted by atomic mass is 16.5. The van der Waals surface area contributed by atoms with Crippen LogP contribution in [0.15, 0.2) is 42.5 Å². The Morgan fingerprint density at radius 3 is 2.49 bits per heavy atom. The number of rotatable bonds is 16. The molecule has 0 spiro atoms. The third-order valence-corrected chi connectivity index (χ3v) is 8.16. The minimum absolute atomic E-state index is 0.124. The van der Waals surface area contributed by atoms with E-state index in [9.17, 15) is 19.2 Å². The first-order valence-electron chi connectivity index (χ1n) is 15.4. The maximum Gasteiger partial charge on any atom is 0.329 e. The molecule has 246 valence electrons. The van der Waals surface area contributed by atoms with Crippen LogP contribution in [-0.2, 0) is 30.3 Å². The van der Waals surface area contributed by atoms with Gasteiger partial charge in [-0.3, -0.25) is 14.4 Å². The number of carbonyl (C=O) groups excluding carboxylic acids is 4. The number of likely N-dealkylation sites (tertiary alicyclic amines) is 1. The van der Waals surface area contributed by atoms with E-state index >= 15 is 0 Å². The van der Waals surface area contributed by atoms with Gasteiger partial charge in [-0.25, -0.2) is 4.79 Å². The molecule has 1 saturated heterocycles. The molecular formula is C34H46N2O9. The van der Waals surface area contributed by atoms with Crippen LogP contribution in [0.1, 0.15) is 70.1 Å². The molecule has 0 unspecified atom stereocenters. The van der Waals surface area contributed by atoms with Crippen LogP contribution in [0.4, 0.5) is 0 Å². The van der Waals surface area contributed by atoms with E-state index in [1.54, 1.807) is 46.3 Å². The van der Waals surface area contributed by atoms with E-state index in [2.05, 4.69) is 5.32 Å². The van der Waals surface area contributed by atoms with Gasteiger partial charge in [-0.2, -0.15) is 0 Å². The molecule has 11 nitrogen and oxygen atoms in total. The normalized spacial score (nSPS) is 15.5. The van der Waals surface area contributed by atoms with Gasteiger partial charge in [-0.1, -0.05) is 39.0 Å². The van der Waals surface area contributed by atoms with Gasteiger partial charge in [0.1, 0.15) is 17.9 Å². The molecule has 1 aliphatic heterocycles. The zero-order valence-corrected chi connectivity index (χ0v) is 26.9. The smallest absolute Gasteiger partial charge is 0.329 e. The number of benzene rings is 2. The zero-order chi connectivity index (χ0) is 33.0. The first-order valence-corrected chi connectivity index (χ1v) is 15.4. The summed E-state index contributed by atoms with van der Waals surface area (Å²) in [6, 6.07) is 11.7. The van der Waals surface area contributed by atoms with Gasteiger partial charge in [0.2, 0.25) is 5.78 Å². The Balaban J connectivity index is 1.85. The van der Waals surface area contributed by atoms with Crippen molar-refractivity contribution in [3.8, 4) is 17.2 Å². The molecule has 2 aromatic rings. The van der Waals surface area contributed by atoms with E-state index < -0.39 is 35.2 Å². The van der Waals surface area contributed by atoms with Gasteiger partial charge < -0.3 is 34.3 Å². The maximum absolute atomic E-state index is 13.8. The summed E-state index contributed by atoms with van der Waals surface area (Å²) in [6.07, 6.45) is 2.52. The van der Waals surface area contributed by atoms with Crippen molar-refractivity contribution < 1.29 is 43.2 Å². The van der Waals surface area contributed by atoms with Crippen LogP contribution >= 0.6 is 0 Å². The molecule has 0 saturated carbocycles. The number of hydrogen-bond acceptors (Lipinski definition) is 9. The summed E-state index contributed by atoms with van der Waals surface area (Å²) < 4.78 is 22.6. The van der Waals surface area contributed by atoms with Crippen molar-refractivity contribution in [2.75, 3.05) is 40.5 Å². The fourth-order valence-corrected chi connectivity index (χ4v) is 5.05. The number of carbonyl (C=O) groups is 4. The summed E-state index contributed by atoms with van der Waals surface area (Å²) >= 11 is 0. The predicted octanol–water partition coefficient (Wildman–Crippen LogP) is 3.79. The zero-order valence-electron chi connectivity index (χ0n) is 26.9. The first kappa shape index (κ1) is 35.4. The minimum atomic E-state index is -0.874. The number of ether oxygens (including phenoxy) is 4. The Hall–Kier alpha value is -4.12. The van der Waals surface area contributed by atoms with Crippen molar-refractivity contribution in [2.24, 2.45) is 5.41 Å². The van der Waals surface area contributed by atoms with Crippen molar-refractivity contribution in [3.63, 3.8) is 0 Å². The van der Waals surface area contributed by atoms with Crippen LogP contribution < -0.4 is 19.5 Å². The Morgan fingerprint density at radius 1 is 1.04 bits per heavy atom. The van der Waals surface area contributed by atoms with Crippen molar-refractivity contribution in [1.82, 2.24) is 10.2 Å². The first-order chi connectivity index (χ1) is 21.5. The van der Waals surface area contributed by atoms with E-state index in [1.165, 1.54) is 4.90 Å². The summed E-state index contributed by atoms with van der Waals surface area (Å²) in [5.74, 6) is -0.538. The fourth-order valence-electron chi connectivity index (χ4n) is 5.05. The summed E-state index contributed by atoms with van der Waals surface area (Å²) in [7, 11) is 3.12. The molecule has 1 fully saturated rings. The second kappa shape index (κ2) is 16.8. The van der Waals surface area contributed by atoms with Crippen molar-refractivity contribution in [3.05, 3.63) is 53.6 Å². The van der Waals surface area contributed by atoms with Crippen LogP contribution in [0.2, 0.25) is 0 Å². The summed E-state index contributed by atoms with van der Waals surface area (Å²) in [6.45, 7) is 5.33. The molecular weight excluding hydrogens is 580 g/mol. The standard InChI is InChI=1S/C34H46N2O9/c1-6-34(2,3)31(39)32(40)36-18-8-7-12-26(36)33(41)45-27(15-13-23-14-16-28(42-4)29(20-23)43-5)24-10-9-11-25(21-24)44-22-30(38)35-17-19-37/h9-11,14,16,20-21,26-27,37H,6-8,12-13,15,17-19,22H2,1-5H3,(H,35,38)/t26-,27+/m0/s1. The molecule has 11 heteroatoms. The number of piperidine rings is 1. The van der Waals surface area contributed by atoms with Crippen LogP contribution in [0.5, 0.6) is 17.2 Å². The number of aryl methyl sites for hydroxylation is 1. The van der Waals surface area contributed by atoms with Gasteiger partial charge in [-0.15, -0.1) is 0 Å². The quantitative estimate of drug-likeness (QED) is 0.210. The van der Waals surface area contributed by atoms with Crippen LogP contribution in [-0.4, -0.2) is 80.1 Å². The third kappa shape index (κ3) is 9.68. The molecule has 1 heterocycles. The number of nitrogens with zero attached hydrogens (tertiary/aromatic N) is 1. The molecule has 3 rings (SSSR count). The Morgan fingerprint density at radius 2 is 1.80 bits per heavy atom. The summed E-state index contributed by atoms with van der Waals surface area (Å²) in [4.78, 5) is 53.5. The summed E-state index contributed by atoms with van der Waals surface area (Å²) in [5.41, 5.74) is 0.748. The minimum Gasteiger partial charge on any atom is -0.493 e. The number of esters is 1. The number of Topliss-reactive ketones (excluding diaryl/α,β-unsaturated/α-hetero) is 1. The lowest BCUT2D eigenvalue weighted by Crippen LogP contribution is -2.53. The number of aliphatic hydroxyl groups is 1. The van der Waals surface area contributed by atoms with Gasteiger partial charge in [0.15, 0.2) is 18.1 Å². The lowest BCUT2D eigenvalue weighted by atomic mass is 9.84. The Labute approximate surface area is 265 Å². The Bertz CT molecular complexity index is 1330. The molecule has 2 aromatic carbocycles. The predicted molar refractivity (Wildman–Crippen MR) is 167 cm³/mol. The van der Waals surface area contributed by atoms with Gasteiger partial charge in [-0.05, 0) is 73.9 Å². The molecule has 0 aliphatic carbocycles. The molecule has 0 bridgehead atoms. The number of nitrogens with one attached hydrogen (secondary N) is 1. The van der Waals surface area contributed by atoms with Gasteiger partial charge >= 0.3 is 5.97 Å². The number of amides is 2. The second-order valence-corrected chi connectivity index (χ2v) is 11.7. The van der Waals surface area contributed by atoms with Gasteiger partial charge in [0, 0.05) is 18.5 Å².